The Morgan fingerprint density at radius 3 is 2.19 bits per heavy atom. The first-order valence-electron chi connectivity index (χ1n) is 11.0. The van der Waals surface area contributed by atoms with Crippen molar-refractivity contribution in [1.29, 1.82) is 21.2 Å². The van der Waals surface area contributed by atoms with Crippen LogP contribution in [0.4, 0.5) is 5.69 Å². The van der Waals surface area contributed by atoms with Crippen LogP contribution in [0.15, 0.2) is 24.3 Å². The summed E-state index contributed by atoms with van der Waals surface area (Å²) in [5.74, 6) is -1.77. The molecule has 3 fully saturated rings. The van der Waals surface area contributed by atoms with Gasteiger partial charge in [-0.2, -0.15) is 15.8 Å². The Hall–Kier alpha value is -3.08. The lowest BCUT2D eigenvalue weighted by Crippen LogP contribution is -2.61. The van der Waals surface area contributed by atoms with E-state index in [4.69, 9.17) is 14.9 Å². The third kappa shape index (κ3) is 2.63. The molecule has 166 valence electrons. The molecule has 32 heavy (non-hydrogen) atoms. The normalized spacial score (nSPS) is 34.9. The molecule has 0 radical (unpaired) electrons. The minimum Gasteiger partial charge on any atom is -0.447 e. The summed E-state index contributed by atoms with van der Waals surface area (Å²) in [6, 6.07) is 14.0. The van der Waals surface area contributed by atoms with Gasteiger partial charge in [0.05, 0.1) is 24.1 Å². The number of rotatable bonds is 2. The van der Waals surface area contributed by atoms with Crippen LogP contribution < -0.4 is 4.90 Å². The van der Waals surface area contributed by atoms with Gasteiger partial charge in [-0.25, -0.2) is 0 Å². The minimum atomic E-state index is -1.90. The van der Waals surface area contributed by atoms with E-state index in [2.05, 4.69) is 39.0 Å². The average Bonchev–Trinajstić information content (AvgIpc) is 2.96. The molecular weight excluding hydrogens is 402 g/mol. The van der Waals surface area contributed by atoms with Gasteiger partial charge in [-0.15, -0.1) is 0 Å². The van der Waals surface area contributed by atoms with Crippen LogP contribution in [0, 0.1) is 67.5 Å². The Morgan fingerprint density at radius 2 is 1.69 bits per heavy atom. The van der Waals surface area contributed by atoms with Crippen molar-refractivity contribution in [2.24, 2.45) is 28.1 Å². The highest BCUT2D eigenvalue weighted by Crippen LogP contribution is 2.70. The molecule has 2 saturated heterocycles. The van der Waals surface area contributed by atoms with Gasteiger partial charge in [0.1, 0.15) is 6.10 Å². The van der Waals surface area contributed by atoms with Crippen molar-refractivity contribution in [3.05, 3.63) is 29.8 Å². The molecule has 7 nitrogen and oxygen atoms in total. The third-order valence-corrected chi connectivity index (χ3v) is 7.85. The molecular formula is C25H29N5O2. The molecule has 7 heteroatoms. The van der Waals surface area contributed by atoms with Crippen molar-refractivity contribution in [3.63, 3.8) is 0 Å². The summed E-state index contributed by atoms with van der Waals surface area (Å²) >= 11 is 0. The Labute approximate surface area is 189 Å². The van der Waals surface area contributed by atoms with Crippen LogP contribution in [-0.4, -0.2) is 25.8 Å². The second-order valence-electron chi connectivity index (χ2n) is 10.6. The zero-order valence-corrected chi connectivity index (χ0v) is 19.3. The Kier molecular flexibility index (Phi) is 4.81. The highest BCUT2D eigenvalue weighted by molar-refractivity contribution is 5.89. The van der Waals surface area contributed by atoms with Crippen molar-refractivity contribution in [2.75, 3.05) is 19.0 Å². The van der Waals surface area contributed by atoms with Gasteiger partial charge in [-0.1, -0.05) is 32.9 Å². The second-order valence-corrected chi connectivity index (χ2v) is 10.6. The summed E-state index contributed by atoms with van der Waals surface area (Å²) in [5.41, 5.74) is -2.01. The molecule has 2 aliphatic heterocycles. The first-order valence-corrected chi connectivity index (χ1v) is 11.0. The zero-order chi connectivity index (χ0) is 23.5. The van der Waals surface area contributed by atoms with E-state index in [1.54, 1.807) is 0 Å². The topological polar surface area (TPSA) is 117 Å². The van der Waals surface area contributed by atoms with Crippen LogP contribution in [0.2, 0.25) is 0 Å². The van der Waals surface area contributed by atoms with Gasteiger partial charge in [-0.05, 0) is 41.9 Å². The second kappa shape index (κ2) is 6.96. The molecule has 1 aliphatic carbocycles. The van der Waals surface area contributed by atoms with Gasteiger partial charge >= 0.3 is 0 Å². The maximum Gasteiger partial charge on any atom is 0.217 e. The Balaban J connectivity index is 1.90. The number of nitrogens with zero attached hydrogens (tertiary/aromatic N) is 4. The number of ether oxygens (including phenoxy) is 2. The van der Waals surface area contributed by atoms with E-state index < -0.39 is 28.6 Å². The van der Waals surface area contributed by atoms with Crippen LogP contribution in [-0.2, 0) is 9.47 Å². The van der Waals surface area contributed by atoms with Crippen molar-refractivity contribution in [2.45, 2.75) is 51.9 Å². The summed E-state index contributed by atoms with van der Waals surface area (Å²) in [6.07, 6.45) is 0.910. The van der Waals surface area contributed by atoms with E-state index in [0.717, 1.165) is 12.1 Å². The number of nitrogens with one attached hydrogen (secondary N) is 1. The number of hydrogen-bond donors (Lipinski definition) is 1. The lowest BCUT2D eigenvalue weighted by molar-refractivity contribution is -0.301. The highest BCUT2D eigenvalue weighted by Gasteiger charge is 2.81. The summed E-state index contributed by atoms with van der Waals surface area (Å²) in [4.78, 5) is 1.95. The fourth-order valence-electron chi connectivity index (χ4n) is 5.87. The minimum absolute atomic E-state index is 0.0132. The van der Waals surface area contributed by atoms with E-state index in [1.807, 2.05) is 43.3 Å². The summed E-state index contributed by atoms with van der Waals surface area (Å²) < 4.78 is 12.6. The molecule has 5 atom stereocenters. The lowest BCUT2D eigenvalue weighted by Gasteiger charge is -2.54. The molecule has 3 aliphatic rings. The van der Waals surface area contributed by atoms with Crippen molar-refractivity contribution in [1.82, 2.24) is 0 Å². The van der Waals surface area contributed by atoms with Crippen molar-refractivity contribution >= 4 is 11.6 Å². The molecule has 1 saturated carbocycles. The third-order valence-electron chi connectivity index (χ3n) is 7.85. The number of nitriles is 3. The fourth-order valence-corrected chi connectivity index (χ4v) is 5.87. The molecule has 1 aromatic carbocycles. The molecule has 2 bridgehead atoms. The molecule has 0 spiro atoms. The van der Waals surface area contributed by atoms with Crippen molar-refractivity contribution < 1.29 is 9.47 Å². The van der Waals surface area contributed by atoms with E-state index in [9.17, 15) is 15.8 Å². The molecule has 5 unspecified atom stereocenters. The van der Waals surface area contributed by atoms with Gasteiger partial charge in [0.2, 0.25) is 17.1 Å². The predicted molar refractivity (Wildman–Crippen MR) is 118 cm³/mol. The number of hydrogen-bond acceptors (Lipinski definition) is 7. The van der Waals surface area contributed by atoms with Gasteiger partial charge in [-0.3, -0.25) is 5.41 Å². The largest absolute Gasteiger partial charge is 0.447 e. The maximum absolute atomic E-state index is 10.5. The Morgan fingerprint density at radius 1 is 1.06 bits per heavy atom. The van der Waals surface area contributed by atoms with Crippen LogP contribution in [0.5, 0.6) is 0 Å². The van der Waals surface area contributed by atoms with Gasteiger partial charge < -0.3 is 14.4 Å². The monoisotopic (exact) mass is 431 g/mol. The van der Waals surface area contributed by atoms with Crippen molar-refractivity contribution in [3.8, 4) is 18.2 Å². The van der Waals surface area contributed by atoms with E-state index in [0.29, 0.717) is 18.4 Å². The van der Waals surface area contributed by atoms with Gasteiger partial charge in [0.25, 0.3) is 0 Å². The SMILES string of the molecule is CN(C)c1ccc(C2OC34CCC(C(C)(C)C)CC3C(C#N)(C(=N)O4)C2(C#N)C#N)cc1. The Bertz CT molecular complexity index is 1050. The van der Waals surface area contributed by atoms with Crippen LogP contribution in [0.25, 0.3) is 0 Å². The van der Waals surface area contributed by atoms with Crippen LogP contribution in [0.1, 0.15) is 51.7 Å². The fraction of sp³-hybridized carbons (Fsp3) is 0.600. The number of anilines is 1. The first-order chi connectivity index (χ1) is 15.0. The average molecular weight is 432 g/mol. The summed E-state index contributed by atoms with van der Waals surface area (Å²) in [6.45, 7) is 6.47. The van der Waals surface area contributed by atoms with Crippen LogP contribution in [0.3, 0.4) is 0 Å². The molecule has 0 aromatic heterocycles. The summed E-state index contributed by atoms with van der Waals surface area (Å²) in [7, 11) is 3.86. The van der Waals surface area contributed by atoms with Crippen LogP contribution >= 0.6 is 0 Å². The zero-order valence-electron chi connectivity index (χ0n) is 19.3. The first kappa shape index (κ1) is 22.1. The molecule has 1 aromatic rings. The predicted octanol–water partition coefficient (Wildman–Crippen LogP) is 4.53. The van der Waals surface area contributed by atoms with E-state index in [-0.39, 0.29) is 17.2 Å². The quantitative estimate of drug-likeness (QED) is 0.735. The maximum atomic E-state index is 10.5. The molecule has 2 heterocycles. The molecule has 4 rings (SSSR count). The smallest absolute Gasteiger partial charge is 0.217 e. The summed E-state index contributed by atoms with van der Waals surface area (Å²) in [5, 5.41) is 40.0. The highest BCUT2D eigenvalue weighted by atomic mass is 16.7. The van der Waals surface area contributed by atoms with E-state index in [1.165, 1.54) is 0 Å². The van der Waals surface area contributed by atoms with Gasteiger partial charge in [0, 0.05) is 26.2 Å². The molecule has 1 N–H and O–H groups in total. The lowest BCUT2D eigenvalue weighted by atomic mass is 9.49. The standard InChI is InChI=1S/C25H29N5O2/c1-22(2,3)17-10-11-25-19(12-17)24(15-28,21(29)32-25)23(13-26,14-27)20(31-25)16-6-8-18(9-7-16)30(4)5/h6-9,17,19-20,29H,10-12H2,1-5H3. The molecule has 0 amide bonds. The number of benzene rings is 1. The van der Waals surface area contributed by atoms with E-state index >= 15 is 0 Å². The van der Waals surface area contributed by atoms with Gasteiger partial charge in [0.15, 0.2) is 5.41 Å².